The van der Waals surface area contributed by atoms with Crippen molar-refractivity contribution in [2.75, 3.05) is 39.1 Å². The molecule has 0 saturated carbocycles. The fourth-order valence-electron chi connectivity index (χ4n) is 3.96. The summed E-state index contributed by atoms with van der Waals surface area (Å²) in [7, 11) is 2.07. The molecule has 0 fully saturated rings. The van der Waals surface area contributed by atoms with Gasteiger partial charge in [-0.2, -0.15) is 0 Å². The molecule has 0 radical (unpaired) electrons. The number of hydrogen-bond donors (Lipinski definition) is 3. The van der Waals surface area contributed by atoms with E-state index in [2.05, 4.69) is 47.0 Å². The zero-order valence-corrected chi connectivity index (χ0v) is 19.9. The quantitative estimate of drug-likeness (QED) is 0.294. The van der Waals surface area contributed by atoms with Gasteiger partial charge in [0.2, 0.25) is 0 Å². The Morgan fingerprint density at radius 1 is 1.12 bits per heavy atom. The Morgan fingerprint density at radius 3 is 2.76 bits per heavy atom. The molecule has 0 aliphatic carbocycles. The number of unbranched alkanes of at least 4 members (excludes halogenated alkanes) is 3. The normalized spacial score (nSPS) is 11.7. The Bertz CT molecular complexity index is 1050. The summed E-state index contributed by atoms with van der Waals surface area (Å²) in [4.78, 5) is 25.5. The van der Waals surface area contributed by atoms with Crippen molar-refractivity contribution >= 4 is 33.7 Å². The smallest absolute Gasteiger partial charge is 0.305 e. The van der Waals surface area contributed by atoms with Crippen LogP contribution in [0.5, 0.6) is 0 Å². The number of ether oxygens (including phenoxy) is 1. The number of hydrogen-bond acceptors (Lipinski definition) is 6. The largest absolute Gasteiger partial charge is 0.481 e. The van der Waals surface area contributed by atoms with Gasteiger partial charge < -0.3 is 25.5 Å². The zero-order chi connectivity index (χ0) is 23.6. The molecule has 1 aromatic carbocycles. The summed E-state index contributed by atoms with van der Waals surface area (Å²) in [5.74, 6) is 0.675. The highest BCUT2D eigenvalue weighted by molar-refractivity contribution is 6.06. The number of aryl methyl sites for hydroxylation is 2. The first-order valence-electron chi connectivity index (χ1n) is 12.0. The maximum absolute atomic E-state index is 10.5. The first-order valence-corrected chi connectivity index (χ1v) is 12.0. The summed E-state index contributed by atoms with van der Waals surface area (Å²) >= 11 is 0. The van der Waals surface area contributed by atoms with Crippen molar-refractivity contribution in [3.05, 3.63) is 29.6 Å². The van der Waals surface area contributed by atoms with Gasteiger partial charge in [-0.15, -0.1) is 0 Å². The van der Waals surface area contributed by atoms with Gasteiger partial charge in [0.05, 0.1) is 25.2 Å². The van der Waals surface area contributed by atoms with Crippen LogP contribution in [-0.2, 0) is 22.4 Å². The molecule has 0 amide bonds. The minimum absolute atomic E-state index is 0.0627. The van der Waals surface area contributed by atoms with Gasteiger partial charge in [0.25, 0.3) is 0 Å². The predicted octanol–water partition coefficient (Wildman–Crippen LogP) is 4.17. The van der Waals surface area contributed by atoms with E-state index in [0.717, 1.165) is 85.8 Å². The summed E-state index contributed by atoms with van der Waals surface area (Å²) in [6.07, 6.45) is 7.63. The molecule has 33 heavy (non-hydrogen) atoms. The number of carboxylic acid groups (broad SMARTS) is 1. The molecule has 0 saturated heterocycles. The number of aromatic nitrogens is 3. The number of imidazole rings is 1. The number of benzene rings is 1. The Hall–Kier alpha value is -2.71. The Morgan fingerprint density at radius 2 is 1.97 bits per heavy atom. The molecule has 3 aromatic rings. The van der Waals surface area contributed by atoms with E-state index in [0.29, 0.717) is 12.4 Å². The number of H-pyrrole nitrogens is 1. The molecule has 4 N–H and O–H groups in total. The number of rotatable bonds is 15. The predicted molar refractivity (Wildman–Crippen MR) is 133 cm³/mol. The first kappa shape index (κ1) is 24.9. The summed E-state index contributed by atoms with van der Waals surface area (Å²) in [5.41, 5.74) is 10.2. The van der Waals surface area contributed by atoms with Crippen LogP contribution in [-0.4, -0.2) is 64.3 Å². The second kappa shape index (κ2) is 12.5. The Labute approximate surface area is 195 Å². The first-order chi connectivity index (χ1) is 16.0. The van der Waals surface area contributed by atoms with E-state index >= 15 is 0 Å². The highest BCUT2D eigenvalue weighted by atomic mass is 16.5. The summed E-state index contributed by atoms with van der Waals surface area (Å²) < 4.78 is 5.35. The van der Waals surface area contributed by atoms with E-state index in [4.69, 9.17) is 20.6 Å². The fraction of sp³-hybridized carbons (Fsp3) is 0.560. The third-order valence-electron chi connectivity index (χ3n) is 5.92. The van der Waals surface area contributed by atoms with Crippen molar-refractivity contribution in [2.24, 2.45) is 0 Å². The molecule has 0 atom stereocenters. The van der Waals surface area contributed by atoms with E-state index in [-0.39, 0.29) is 13.0 Å². The molecule has 2 aromatic heterocycles. The molecular weight excluding hydrogens is 418 g/mol. The molecule has 8 heteroatoms. The average Bonchev–Trinajstić information content (AvgIpc) is 3.22. The number of nitrogen functional groups attached to an aromatic ring is 1. The number of pyridine rings is 1. The minimum atomic E-state index is -0.819. The molecular formula is C25H37N5O3. The molecule has 3 rings (SSSR count). The van der Waals surface area contributed by atoms with Crippen LogP contribution in [0.15, 0.2) is 18.2 Å². The van der Waals surface area contributed by atoms with Crippen molar-refractivity contribution in [3.8, 4) is 0 Å². The van der Waals surface area contributed by atoms with Gasteiger partial charge in [-0.3, -0.25) is 4.79 Å². The molecule has 0 aliphatic heterocycles. The lowest BCUT2D eigenvalue weighted by molar-refractivity contribution is -0.138. The number of aromatic amines is 1. The van der Waals surface area contributed by atoms with Crippen LogP contribution in [0.3, 0.4) is 0 Å². The van der Waals surface area contributed by atoms with Crippen LogP contribution in [0.4, 0.5) is 5.82 Å². The van der Waals surface area contributed by atoms with Crippen molar-refractivity contribution in [1.29, 1.82) is 0 Å². The number of carboxylic acids is 1. The second-order valence-electron chi connectivity index (χ2n) is 8.73. The third kappa shape index (κ3) is 7.40. The summed E-state index contributed by atoms with van der Waals surface area (Å²) in [5, 5.41) is 9.65. The van der Waals surface area contributed by atoms with E-state index < -0.39 is 5.97 Å². The molecule has 2 heterocycles. The second-order valence-corrected chi connectivity index (χ2v) is 8.73. The summed E-state index contributed by atoms with van der Waals surface area (Å²) in [6, 6.07) is 6.45. The molecule has 8 nitrogen and oxygen atoms in total. The van der Waals surface area contributed by atoms with E-state index in [1.807, 2.05) is 0 Å². The third-order valence-corrected chi connectivity index (χ3v) is 5.92. The maximum Gasteiger partial charge on any atom is 0.305 e. The van der Waals surface area contributed by atoms with Crippen LogP contribution in [0.2, 0.25) is 0 Å². The molecule has 0 bridgehead atoms. The maximum atomic E-state index is 10.5. The van der Waals surface area contributed by atoms with Crippen molar-refractivity contribution in [1.82, 2.24) is 19.9 Å². The Kier molecular flexibility index (Phi) is 9.45. The van der Waals surface area contributed by atoms with E-state index in [9.17, 15) is 4.79 Å². The van der Waals surface area contributed by atoms with Gasteiger partial charge in [-0.25, -0.2) is 9.97 Å². The average molecular weight is 456 g/mol. The van der Waals surface area contributed by atoms with Crippen molar-refractivity contribution < 1.29 is 14.6 Å². The van der Waals surface area contributed by atoms with Gasteiger partial charge in [-0.05, 0) is 50.9 Å². The lowest BCUT2D eigenvalue weighted by atomic mass is 10.0. The van der Waals surface area contributed by atoms with Crippen molar-refractivity contribution in [3.63, 3.8) is 0 Å². The number of fused-ring (bicyclic) bond motifs is 3. The van der Waals surface area contributed by atoms with Gasteiger partial charge >= 0.3 is 5.97 Å². The SMILES string of the molecule is CCCCc1nc2c([nH]1)c(N)nc1cc(CCCCCN(C)CCOCCC(=O)O)ccc12. The number of carbonyl (C=O) groups is 1. The zero-order valence-electron chi connectivity index (χ0n) is 19.9. The van der Waals surface area contributed by atoms with Gasteiger partial charge in [0.1, 0.15) is 22.7 Å². The molecule has 0 unspecified atom stereocenters. The molecule has 180 valence electrons. The van der Waals surface area contributed by atoms with Gasteiger partial charge in [0.15, 0.2) is 0 Å². The van der Waals surface area contributed by atoms with E-state index in [1.54, 1.807) is 0 Å². The number of anilines is 1. The standard InChI is InChI=1S/C25H37N5O3/c1-3-4-9-21-28-23-19-11-10-18(17-20(19)27-25(26)24(23)29-21)8-6-5-7-13-30(2)14-16-33-15-12-22(31)32/h10-11,17H,3-9,12-16H2,1-2H3,(H2,26,27)(H,28,29)(H,31,32). The van der Waals surface area contributed by atoms with Crippen molar-refractivity contribution in [2.45, 2.75) is 58.3 Å². The highest BCUT2D eigenvalue weighted by Crippen LogP contribution is 2.27. The number of nitrogens with one attached hydrogen (secondary N) is 1. The van der Waals surface area contributed by atoms with Crippen LogP contribution in [0.1, 0.15) is 56.8 Å². The molecule has 0 spiro atoms. The highest BCUT2D eigenvalue weighted by Gasteiger charge is 2.12. The van der Waals surface area contributed by atoms with Gasteiger partial charge in [0, 0.05) is 18.4 Å². The number of nitrogens with two attached hydrogens (primary N) is 1. The lowest BCUT2D eigenvalue weighted by Crippen LogP contribution is -2.24. The minimum Gasteiger partial charge on any atom is -0.481 e. The number of nitrogens with zero attached hydrogens (tertiary/aromatic N) is 3. The monoisotopic (exact) mass is 455 g/mol. The van der Waals surface area contributed by atoms with Crippen LogP contribution < -0.4 is 5.73 Å². The summed E-state index contributed by atoms with van der Waals surface area (Å²) in [6.45, 7) is 4.85. The number of aliphatic carboxylic acids is 1. The van der Waals surface area contributed by atoms with Gasteiger partial charge in [-0.1, -0.05) is 31.9 Å². The Balaban J connectivity index is 1.45. The fourth-order valence-corrected chi connectivity index (χ4v) is 3.96. The van der Waals surface area contributed by atoms with Crippen LogP contribution >= 0.6 is 0 Å². The topological polar surface area (TPSA) is 117 Å². The lowest BCUT2D eigenvalue weighted by Gasteiger charge is -2.16. The van der Waals surface area contributed by atoms with Crippen LogP contribution in [0.25, 0.3) is 21.9 Å². The molecule has 0 aliphatic rings. The van der Waals surface area contributed by atoms with Crippen LogP contribution in [0, 0.1) is 0 Å². The number of likely N-dealkylation sites (N-methyl/N-ethyl adjacent to an activating group) is 1. The van der Waals surface area contributed by atoms with E-state index in [1.165, 1.54) is 5.56 Å².